The fraction of sp³-hybridized carbons (Fsp3) is 0.381. The number of fused-ring (bicyclic) bond motifs is 1. The predicted octanol–water partition coefficient (Wildman–Crippen LogP) is 5.91. The monoisotopic (exact) mass is 413 g/mol. The van der Waals surface area contributed by atoms with Crippen LogP contribution in [0.15, 0.2) is 47.1 Å². The summed E-state index contributed by atoms with van der Waals surface area (Å²) >= 11 is 3.59. The van der Waals surface area contributed by atoms with Crippen molar-refractivity contribution in [1.29, 1.82) is 0 Å². The third-order valence-corrected chi connectivity index (χ3v) is 5.44. The molecule has 3 aromatic rings. The zero-order valence-corrected chi connectivity index (χ0v) is 16.6. The smallest absolute Gasteiger partial charge is 0.139 e. The lowest BCUT2D eigenvalue weighted by molar-refractivity contribution is 0.340. The van der Waals surface area contributed by atoms with Crippen molar-refractivity contribution in [3.05, 3.63) is 47.1 Å². The van der Waals surface area contributed by atoms with E-state index in [4.69, 9.17) is 9.72 Å². The zero-order chi connectivity index (χ0) is 17.9. The first kappa shape index (κ1) is 17.4. The van der Waals surface area contributed by atoms with Crippen LogP contribution in [0.4, 0.5) is 5.82 Å². The van der Waals surface area contributed by atoms with E-state index in [2.05, 4.69) is 44.0 Å². The summed E-state index contributed by atoms with van der Waals surface area (Å²) in [6, 6.07) is 12.8. The predicted molar refractivity (Wildman–Crippen MR) is 110 cm³/mol. The third kappa shape index (κ3) is 3.58. The maximum Gasteiger partial charge on any atom is 0.139 e. The maximum atomic E-state index is 5.58. The molecule has 1 aliphatic carbocycles. The average molecular weight is 414 g/mol. The van der Waals surface area contributed by atoms with Crippen molar-refractivity contribution in [2.75, 3.05) is 11.9 Å². The van der Waals surface area contributed by atoms with Gasteiger partial charge in [0, 0.05) is 22.3 Å². The van der Waals surface area contributed by atoms with Crippen molar-refractivity contribution in [3.63, 3.8) is 0 Å². The van der Waals surface area contributed by atoms with Crippen LogP contribution in [0.5, 0.6) is 5.75 Å². The van der Waals surface area contributed by atoms with E-state index < -0.39 is 0 Å². The van der Waals surface area contributed by atoms with Crippen molar-refractivity contribution in [2.24, 2.45) is 0 Å². The van der Waals surface area contributed by atoms with Gasteiger partial charge in [-0.05, 0) is 72.1 Å². The van der Waals surface area contributed by atoms with Gasteiger partial charge in [0.2, 0.25) is 0 Å². The number of hydrogen-bond donors (Lipinski definition) is 1. The Kier molecular flexibility index (Phi) is 5.16. The molecule has 2 heterocycles. The topological polar surface area (TPSA) is 38.6 Å². The van der Waals surface area contributed by atoms with Gasteiger partial charge in [-0.15, -0.1) is 0 Å². The zero-order valence-electron chi connectivity index (χ0n) is 15.0. The summed E-state index contributed by atoms with van der Waals surface area (Å²) < 4.78 is 8.78. The van der Waals surface area contributed by atoms with E-state index in [9.17, 15) is 0 Å². The van der Waals surface area contributed by atoms with E-state index in [1.165, 1.54) is 32.1 Å². The first-order chi connectivity index (χ1) is 12.7. The van der Waals surface area contributed by atoms with Gasteiger partial charge in [0.25, 0.3) is 0 Å². The highest BCUT2D eigenvalue weighted by molar-refractivity contribution is 9.10. The lowest BCUT2D eigenvalue weighted by Crippen LogP contribution is -2.23. The number of halogens is 1. The van der Waals surface area contributed by atoms with Crippen LogP contribution in [0.1, 0.15) is 39.0 Å². The van der Waals surface area contributed by atoms with Gasteiger partial charge in [-0.25, -0.2) is 4.98 Å². The van der Waals surface area contributed by atoms with Crippen LogP contribution in [0.25, 0.3) is 16.9 Å². The standard InChI is InChI=1S/C21H24BrN3O/c1-2-26-18-11-8-15(9-12-18)20-21(23-17-6-4-3-5-7-17)25-14-16(22)10-13-19(25)24-20/h8-14,17,23H,2-7H2,1H3. The van der Waals surface area contributed by atoms with Gasteiger partial charge in [0.05, 0.1) is 6.61 Å². The minimum atomic E-state index is 0.518. The maximum absolute atomic E-state index is 5.58. The first-order valence-corrected chi connectivity index (χ1v) is 10.2. The molecule has 26 heavy (non-hydrogen) atoms. The molecule has 0 bridgehead atoms. The molecule has 136 valence electrons. The Hall–Kier alpha value is -2.01. The highest BCUT2D eigenvalue weighted by atomic mass is 79.9. The third-order valence-electron chi connectivity index (χ3n) is 4.97. The van der Waals surface area contributed by atoms with Gasteiger partial charge in [0.15, 0.2) is 0 Å². The normalized spacial score (nSPS) is 15.3. The molecule has 0 aliphatic heterocycles. The lowest BCUT2D eigenvalue weighted by Gasteiger charge is -2.24. The Morgan fingerprint density at radius 2 is 1.88 bits per heavy atom. The molecule has 4 nitrogen and oxygen atoms in total. The Balaban J connectivity index is 1.75. The minimum absolute atomic E-state index is 0.518. The van der Waals surface area contributed by atoms with Crippen LogP contribution in [0.2, 0.25) is 0 Å². The SMILES string of the molecule is CCOc1ccc(-c2nc3ccc(Br)cn3c2NC2CCCCC2)cc1. The average Bonchev–Trinajstić information content (AvgIpc) is 3.01. The molecule has 5 heteroatoms. The second-order valence-electron chi connectivity index (χ2n) is 6.82. The van der Waals surface area contributed by atoms with E-state index in [1.54, 1.807) is 0 Å². The number of benzene rings is 1. The number of aromatic nitrogens is 2. The van der Waals surface area contributed by atoms with E-state index in [1.807, 2.05) is 31.2 Å². The van der Waals surface area contributed by atoms with Gasteiger partial charge in [-0.1, -0.05) is 19.3 Å². The molecule has 4 rings (SSSR count). The number of anilines is 1. The summed E-state index contributed by atoms with van der Waals surface area (Å²) in [6.45, 7) is 2.68. The summed E-state index contributed by atoms with van der Waals surface area (Å²) in [5.74, 6) is 1.97. The molecule has 1 saturated carbocycles. The van der Waals surface area contributed by atoms with Gasteiger partial charge < -0.3 is 10.1 Å². The van der Waals surface area contributed by atoms with E-state index >= 15 is 0 Å². The highest BCUT2D eigenvalue weighted by Gasteiger charge is 2.19. The largest absolute Gasteiger partial charge is 0.494 e. The van der Waals surface area contributed by atoms with Crippen molar-refractivity contribution in [3.8, 4) is 17.0 Å². The van der Waals surface area contributed by atoms with Crippen LogP contribution in [0.3, 0.4) is 0 Å². The molecule has 0 spiro atoms. The summed E-state index contributed by atoms with van der Waals surface area (Å²) in [6.07, 6.45) is 8.50. The Bertz CT molecular complexity index is 882. The fourth-order valence-corrected chi connectivity index (χ4v) is 4.01. The van der Waals surface area contributed by atoms with Crippen molar-refractivity contribution < 1.29 is 4.74 Å². The number of rotatable bonds is 5. The van der Waals surface area contributed by atoms with Crippen LogP contribution >= 0.6 is 15.9 Å². The van der Waals surface area contributed by atoms with Crippen LogP contribution in [-0.2, 0) is 0 Å². The molecule has 2 aromatic heterocycles. The first-order valence-electron chi connectivity index (χ1n) is 9.42. The molecular formula is C21H24BrN3O. The van der Waals surface area contributed by atoms with Crippen molar-refractivity contribution >= 4 is 27.4 Å². The summed E-state index contributed by atoms with van der Waals surface area (Å²) in [4.78, 5) is 4.90. The molecule has 1 N–H and O–H groups in total. The molecule has 0 atom stereocenters. The summed E-state index contributed by atoms with van der Waals surface area (Å²) in [5, 5.41) is 3.79. The molecule has 0 amide bonds. The molecule has 0 saturated heterocycles. The van der Waals surface area contributed by atoms with E-state index in [0.717, 1.165) is 32.9 Å². The molecule has 1 fully saturated rings. The van der Waals surface area contributed by atoms with E-state index in [-0.39, 0.29) is 0 Å². The van der Waals surface area contributed by atoms with Gasteiger partial charge in [-0.2, -0.15) is 0 Å². The van der Waals surface area contributed by atoms with Crippen LogP contribution < -0.4 is 10.1 Å². The van der Waals surface area contributed by atoms with Gasteiger partial charge in [-0.3, -0.25) is 4.40 Å². The van der Waals surface area contributed by atoms with Crippen LogP contribution in [0, 0.1) is 0 Å². The van der Waals surface area contributed by atoms with Gasteiger partial charge >= 0.3 is 0 Å². The van der Waals surface area contributed by atoms with Crippen molar-refractivity contribution in [2.45, 2.75) is 45.1 Å². The molecule has 0 radical (unpaired) electrons. The number of ether oxygens (including phenoxy) is 1. The second kappa shape index (κ2) is 7.70. The number of pyridine rings is 1. The lowest BCUT2D eigenvalue weighted by atomic mass is 9.95. The molecule has 1 aromatic carbocycles. The number of nitrogens with one attached hydrogen (secondary N) is 1. The quantitative estimate of drug-likeness (QED) is 0.564. The Morgan fingerprint density at radius 3 is 2.62 bits per heavy atom. The number of nitrogens with zero attached hydrogens (tertiary/aromatic N) is 2. The van der Waals surface area contributed by atoms with E-state index in [0.29, 0.717) is 12.6 Å². The highest BCUT2D eigenvalue weighted by Crippen LogP contribution is 2.33. The molecule has 1 aliphatic rings. The number of hydrogen-bond acceptors (Lipinski definition) is 3. The van der Waals surface area contributed by atoms with Crippen LogP contribution in [-0.4, -0.2) is 22.0 Å². The molecule has 0 unspecified atom stereocenters. The Morgan fingerprint density at radius 1 is 1.12 bits per heavy atom. The van der Waals surface area contributed by atoms with Crippen molar-refractivity contribution in [1.82, 2.24) is 9.38 Å². The molecular weight excluding hydrogens is 390 g/mol. The second-order valence-corrected chi connectivity index (χ2v) is 7.74. The summed E-state index contributed by atoms with van der Waals surface area (Å²) in [7, 11) is 0. The van der Waals surface area contributed by atoms with Gasteiger partial charge in [0.1, 0.15) is 22.9 Å². The minimum Gasteiger partial charge on any atom is -0.494 e. The summed E-state index contributed by atoms with van der Waals surface area (Å²) in [5.41, 5.74) is 3.05. The fourth-order valence-electron chi connectivity index (χ4n) is 3.67. The Labute approximate surface area is 162 Å². The number of imidazole rings is 1.